The molecule has 0 rings (SSSR count). The third-order valence-corrected chi connectivity index (χ3v) is 4.33. The molecule has 0 aliphatic carbocycles. The number of carboxylic acid groups (broad SMARTS) is 1. The van der Waals surface area contributed by atoms with E-state index in [1.165, 1.54) is 0 Å². The summed E-state index contributed by atoms with van der Waals surface area (Å²) in [7, 11) is 1.79. The summed E-state index contributed by atoms with van der Waals surface area (Å²) in [5.74, 6) is -1.12. The zero-order valence-corrected chi connectivity index (χ0v) is 15.2. The van der Waals surface area contributed by atoms with E-state index >= 15 is 0 Å². The molecule has 0 saturated carbocycles. The number of likely N-dealkylation sites (N-methyl/N-ethyl adjacent to an activating group) is 1. The molecule has 0 spiro atoms. The van der Waals surface area contributed by atoms with Gasteiger partial charge in [0.05, 0.1) is 23.7 Å². The zero-order valence-electron chi connectivity index (χ0n) is 15.2. The summed E-state index contributed by atoms with van der Waals surface area (Å²) in [5, 5.41) is 39.3. The van der Waals surface area contributed by atoms with Crippen LogP contribution in [0.1, 0.15) is 53.4 Å². The van der Waals surface area contributed by atoms with E-state index in [2.05, 4.69) is 0 Å². The van der Waals surface area contributed by atoms with Crippen LogP contribution in [0.25, 0.3) is 0 Å². The number of nitrogens with zero attached hydrogens (tertiary/aromatic N) is 1. The topological polar surface area (TPSA) is 101 Å². The molecule has 0 aliphatic heterocycles. The van der Waals surface area contributed by atoms with E-state index in [1.807, 2.05) is 13.8 Å². The van der Waals surface area contributed by atoms with Gasteiger partial charge in [-0.05, 0) is 39.2 Å². The Bertz CT molecular complexity index is 348. The molecule has 0 amide bonds. The van der Waals surface area contributed by atoms with Gasteiger partial charge >= 0.3 is 5.97 Å². The Hall–Kier alpha value is -0.690. The minimum absolute atomic E-state index is 0.109. The summed E-state index contributed by atoms with van der Waals surface area (Å²) < 4.78 is 0. The Morgan fingerprint density at radius 3 is 2.22 bits per heavy atom. The minimum atomic E-state index is -1.13. The monoisotopic (exact) mass is 333 g/mol. The van der Waals surface area contributed by atoms with Crippen molar-refractivity contribution >= 4 is 5.97 Å². The van der Waals surface area contributed by atoms with Crippen molar-refractivity contribution in [3.8, 4) is 0 Å². The number of aliphatic carboxylic acids is 1. The molecule has 0 aromatic heterocycles. The van der Waals surface area contributed by atoms with E-state index in [0.29, 0.717) is 25.8 Å². The van der Waals surface area contributed by atoms with Gasteiger partial charge in [0, 0.05) is 13.1 Å². The molecule has 0 aromatic carbocycles. The minimum Gasteiger partial charge on any atom is -0.481 e. The second-order valence-corrected chi connectivity index (χ2v) is 7.31. The molecule has 138 valence electrons. The van der Waals surface area contributed by atoms with Crippen molar-refractivity contribution in [2.75, 3.05) is 20.1 Å². The third-order valence-electron chi connectivity index (χ3n) is 4.33. The first-order chi connectivity index (χ1) is 10.5. The lowest BCUT2D eigenvalue weighted by Gasteiger charge is -2.32. The lowest BCUT2D eigenvalue weighted by Crippen LogP contribution is -2.47. The molecule has 23 heavy (non-hydrogen) atoms. The van der Waals surface area contributed by atoms with Crippen molar-refractivity contribution in [3.05, 3.63) is 0 Å². The average Bonchev–Trinajstić information content (AvgIpc) is 2.37. The number of rotatable bonds is 12. The van der Waals surface area contributed by atoms with Crippen molar-refractivity contribution in [3.63, 3.8) is 0 Å². The van der Waals surface area contributed by atoms with Crippen LogP contribution in [0.4, 0.5) is 0 Å². The fraction of sp³-hybridized carbons (Fsp3) is 0.941. The first-order valence-electron chi connectivity index (χ1n) is 8.49. The Balaban J connectivity index is 4.24. The van der Waals surface area contributed by atoms with Crippen molar-refractivity contribution in [1.82, 2.24) is 4.90 Å². The van der Waals surface area contributed by atoms with Crippen LogP contribution in [-0.4, -0.2) is 69.2 Å². The van der Waals surface area contributed by atoms with Gasteiger partial charge in [-0.2, -0.15) is 0 Å². The van der Waals surface area contributed by atoms with Crippen LogP contribution in [0.5, 0.6) is 0 Å². The lowest BCUT2D eigenvalue weighted by atomic mass is 9.92. The van der Waals surface area contributed by atoms with E-state index in [-0.39, 0.29) is 12.5 Å². The average molecular weight is 333 g/mol. The Labute approximate surface area is 140 Å². The molecule has 0 heterocycles. The molecule has 0 fully saturated rings. The second kappa shape index (κ2) is 10.2. The van der Waals surface area contributed by atoms with Gasteiger partial charge in [-0.1, -0.05) is 27.2 Å². The number of carboxylic acids is 1. The smallest absolute Gasteiger partial charge is 0.306 e. The predicted octanol–water partition coefficient (Wildman–Crippen LogP) is 1.33. The predicted molar refractivity (Wildman–Crippen MR) is 90.2 cm³/mol. The number of aliphatic hydroxyl groups excluding tert-OH is 2. The highest BCUT2D eigenvalue weighted by atomic mass is 16.4. The molecule has 0 radical (unpaired) electrons. The van der Waals surface area contributed by atoms with E-state index in [1.54, 1.807) is 25.8 Å². The summed E-state index contributed by atoms with van der Waals surface area (Å²) in [4.78, 5) is 12.6. The summed E-state index contributed by atoms with van der Waals surface area (Å²) in [6.07, 6.45) is 0.904. The summed E-state index contributed by atoms with van der Waals surface area (Å²) in [6, 6.07) is 0. The number of hydrogen-bond donors (Lipinski definition) is 4. The molecule has 0 saturated heterocycles. The van der Waals surface area contributed by atoms with Gasteiger partial charge in [-0.25, -0.2) is 0 Å². The number of hydrogen-bond acceptors (Lipinski definition) is 5. The molecule has 0 aliphatic rings. The Morgan fingerprint density at radius 2 is 1.74 bits per heavy atom. The van der Waals surface area contributed by atoms with E-state index < -0.39 is 29.7 Å². The quantitative estimate of drug-likeness (QED) is 0.430. The maximum absolute atomic E-state index is 10.8. The van der Waals surface area contributed by atoms with Crippen LogP contribution in [0.15, 0.2) is 0 Å². The van der Waals surface area contributed by atoms with Crippen LogP contribution >= 0.6 is 0 Å². The van der Waals surface area contributed by atoms with Crippen molar-refractivity contribution in [2.24, 2.45) is 11.8 Å². The third kappa shape index (κ3) is 9.25. The molecule has 0 bridgehead atoms. The van der Waals surface area contributed by atoms with Crippen LogP contribution in [0, 0.1) is 11.8 Å². The lowest BCUT2D eigenvalue weighted by molar-refractivity contribution is -0.141. The zero-order chi connectivity index (χ0) is 18.2. The fourth-order valence-electron chi connectivity index (χ4n) is 2.94. The van der Waals surface area contributed by atoms with Crippen molar-refractivity contribution in [2.45, 2.75) is 71.2 Å². The van der Waals surface area contributed by atoms with Crippen molar-refractivity contribution in [1.29, 1.82) is 0 Å². The SMILES string of the molecule is CCC[C@@](C)(O)C(O)CN(C)CC(O)C[C@@H](C)CC(C)C(=O)O. The normalized spacial score (nSPS) is 19.9. The highest BCUT2D eigenvalue weighted by molar-refractivity contribution is 5.69. The van der Waals surface area contributed by atoms with Crippen LogP contribution in [0.2, 0.25) is 0 Å². The van der Waals surface area contributed by atoms with Gasteiger partial charge in [0.2, 0.25) is 0 Å². The maximum atomic E-state index is 10.8. The van der Waals surface area contributed by atoms with Gasteiger partial charge in [0.25, 0.3) is 0 Å². The van der Waals surface area contributed by atoms with E-state index in [9.17, 15) is 20.1 Å². The Kier molecular flexibility index (Phi) is 9.93. The number of carbonyl (C=O) groups is 1. The van der Waals surface area contributed by atoms with Gasteiger partial charge < -0.3 is 25.3 Å². The molecule has 0 aromatic rings. The van der Waals surface area contributed by atoms with Gasteiger partial charge in [0.15, 0.2) is 0 Å². The van der Waals surface area contributed by atoms with Gasteiger partial charge in [0.1, 0.15) is 0 Å². The molecule has 6 nitrogen and oxygen atoms in total. The molecule has 4 N–H and O–H groups in total. The molecule has 5 atom stereocenters. The standard InChI is InChI=1S/C17H35NO5/c1-6-7-17(4,23)15(20)11-18(5)10-14(19)9-12(2)8-13(3)16(21)22/h12-15,19-20,23H,6-11H2,1-5H3,(H,21,22)/t12-,13?,14?,15?,17+/m0/s1. The molecule has 3 unspecified atom stereocenters. The van der Waals surface area contributed by atoms with Crippen molar-refractivity contribution < 1.29 is 25.2 Å². The van der Waals surface area contributed by atoms with E-state index in [0.717, 1.165) is 6.42 Å². The second-order valence-electron chi connectivity index (χ2n) is 7.31. The Morgan fingerprint density at radius 1 is 1.17 bits per heavy atom. The van der Waals surface area contributed by atoms with Crippen LogP contribution in [-0.2, 0) is 4.79 Å². The summed E-state index contributed by atoms with van der Waals surface area (Å²) in [5.41, 5.74) is -1.13. The van der Waals surface area contributed by atoms with Crippen LogP contribution in [0.3, 0.4) is 0 Å². The summed E-state index contributed by atoms with van der Waals surface area (Å²) in [6.45, 7) is 7.84. The number of aliphatic hydroxyl groups is 3. The fourth-order valence-corrected chi connectivity index (χ4v) is 2.94. The maximum Gasteiger partial charge on any atom is 0.306 e. The summed E-state index contributed by atoms with van der Waals surface area (Å²) >= 11 is 0. The molecular formula is C17H35NO5. The highest BCUT2D eigenvalue weighted by Crippen LogP contribution is 2.19. The first-order valence-corrected chi connectivity index (χ1v) is 8.49. The molecular weight excluding hydrogens is 298 g/mol. The van der Waals surface area contributed by atoms with Crippen LogP contribution < -0.4 is 0 Å². The van der Waals surface area contributed by atoms with Gasteiger partial charge in [-0.3, -0.25) is 4.79 Å². The highest BCUT2D eigenvalue weighted by Gasteiger charge is 2.30. The largest absolute Gasteiger partial charge is 0.481 e. The first kappa shape index (κ1) is 22.3. The van der Waals surface area contributed by atoms with E-state index in [4.69, 9.17) is 5.11 Å². The molecule has 6 heteroatoms. The van der Waals surface area contributed by atoms with Gasteiger partial charge in [-0.15, -0.1) is 0 Å².